The summed E-state index contributed by atoms with van der Waals surface area (Å²) in [6.45, 7) is 11.9. The Labute approximate surface area is 119 Å². The van der Waals surface area contributed by atoms with Crippen LogP contribution in [0.5, 0.6) is 0 Å². The molecule has 1 aliphatic carbocycles. The molecule has 0 aromatic heterocycles. The quantitative estimate of drug-likeness (QED) is 0.712. The third-order valence-electron chi connectivity index (χ3n) is 5.36. The van der Waals surface area contributed by atoms with Crippen LogP contribution in [0.4, 0.5) is 0 Å². The smallest absolute Gasteiger partial charge is 0.0672 e. The molecule has 0 radical (unpaired) electrons. The topological polar surface area (TPSA) is 27.0 Å². The van der Waals surface area contributed by atoms with Crippen LogP contribution in [0.25, 0.3) is 0 Å². The number of likely N-dealkylation sites (tertiary alicyclic amines) is 1. The van der Waals surface area contributed by atoms with Gasteiger partial charge >= 0.3 is 0 Å². The molecule has 2 heteroatoms. The Bertz CT molecular complexity index is 336. The van der Waals surface area contributed by atoms with Crippen LogP contribution >= 0.6 is 0 Å². The minimum Gasteiger partial charge on any atom is -0.299 e. The van der Waals surface area contributed by atoms with E-state index in [1.54, 1.807) is 0 Å². The van der Waals surface area contributed by atoms with E-state index in [1.165, 1.54) is 38.8 Å². The van der Waals surface area contributed by atoms with E-state index < -0.39 is 0 Å². The van der Waals surface area contributed by atoms with Gasteiger partial charge in [-0.15, -0.1) is 0 Å². The van der Waals surface area contributed by atoms with Gasteiger partial charge in [-0.05, 0) is 55.9 Å². The number of piperidine rings is 1. The summed E-state index contributed by atoms with van der Waals surface area (Å²) in [5.41, 5.74) is 0.389. The Hall–Kier alpha value is -0.550. The zero-order valence-corrected chi connectivity index (χ0v) is 13.2. The molecule has 4 unspecified atom stereocenters. The second-order valence-electron chi connectivity index (χ2n) is 7.92. The fourth-order valence-electron chi connectivity index (χ4n) is 4.01. The Kier molecular flexibility index (Phi) is 4.56. The number of nitrogens with zero attached hydrogens (tertiary/aromatic N) is 2. The molecule has 1 saturated carbocycles. The first-order valence-electron chi connectivity index (χ1n) is 8.05. The van der Waals surface area contributed by atoms with Gasteiger partial charge in [0.2, 0.25) is 0 Å². The molecule has 4 atom stereocenters. The van der Waals surface area contributed by atoms with Crippen LogP contribution in [0.1, 0.15) is 59.8 Å². The molecule has 19 heavy (non-hydrogen) atoms. The van der Waals surface area contributed by atoms with E-state index in [1.807, 2.05) is 0 Å². The lowest BCUT2D eigenvalue weighted by Gasteiger charge is -2.46. The van der Waals surface area contributed by atoms with Crippen molar-refractivity contribution in [2.45, 2.75) is 65.8 Å². The third kappa shape index (κ3) is 3.51. The van der Waals surface area contributed by atoms with E-state index in [9.17, 15) is 5.26 Å². The van der Waals surface area contributed by atoms with Crippen molar-refractivity contribution in [3.8, 4) is 6.07 Å². The maximum atomic E-state index is 9.47. The van der Waals surface area contributed by atoms with E-state index in [-0.39, 0.29) is 5.92 Å². The molecule has 0 N–H and O–H groups in total. The van der Waals surface area contributed by atoms with Gasteiger partial charge in [-0.1, -0.05) is 27.7 Å². The molecule has 1 heterocycles. The fourth-order valence-corrected chi connectivity index (χ4v) is 4.01. The van der Waals surface area contributed by atoms with Gasteiger partial charge in [0.1, 0.15) is 0 Å². The second kappa shape index (κ2) is 5.83. The molecule has 2 rings (SSSR count). The lowest BCUT2D eigenvalue weighted by molar-refractivity contribution is 0.0370. The van der Waals surface area contributed by atoms with Crippen LogP contribution in [0, 0.1) is 34.5 Å². The van der Waals surface area contributed by atoms with Gasteiger partial charge in [-0.25, -0.2) is 0 Å². The number of hydrogen-bond donors (Lipinski definition) is 0. The molecule has 2 fully saturated rings. The van der Waals surface area contributed by atoms with Gasteiger partial charge in [0, 0.05) is 12.6 Å². The molecule has 1 saturated heterocycles. The number of nitriles is 1. The highest BCUT2D eigenvalue weighted by Gasteiger charge is 2.39. The van der Waals surface area contributed by atoms with Crippen molar-refractivity contribution in [3.05, 3.63) is 0 Å². The van der Waals surface area contributed by atoms with Gasteiger partial charge in [0.25, 0.3) is 0 Å². The Morgan fingerprint density at radius 2 is 1.89 bits per heavy atom. The molecular formula is C17H30N2. The van der Waals surface area contributed by atoms with Gasteiger partial charge in [0.15, 0.2) is 0 Å². The lowest BCUT2D eigenvalue weighted by Crippen LogP contribution is -2.49. The van der Waals surface area contributed by atoms with E-state index in [4.69, 9.17) is 0 Å². The van der Waals surface area contributed by atoms with E-state index >= 15 is 0 Å². The van der Waals surface area contributed by atoms with Crippen LogP contribution < -0.4 is 0 Å². The maximum absolute atomic E-state index is 9.47. The molecule has 0 amide bonds. The molecule has 0 bridgehead atoms. The highest BCUT2D eigenvalue weighted by Crippen LogP contribution is 2.42. The standard InChI is InChI=1S/C17H30N2/c1-13-6-5-9-19(12-13)16-10-15(17(2,3)4)8-7-14(16)11-18/h13-16H,5-10,12H2,1-4H3. The monoisotopic (exact) mass is 262 g/mol. The van der Waals surface area contributed by atoms with Gasteiger partial charge in [0.05, 0.1) is 12.0 Å². The van der Waals surface area contributed by atoms with Crippen molar-refractivity contribution in [1.29, 1.82) is 5.26 Å². The van der Waals surface area contributed by atoms with Gasteiger partial charge in [-0.2, -0.15) is 5.26 Å². The summed E-state index contributed by atoms with van der Waals surface area (Å²) in [7, 11) is 0. The van der Waals surface area contributed by atoms with Crippen molar-refractivity contribution in [2.24, 2.45) is 23.2 Å². The third-order valence-corrected chi connectivity index (χ3v) is 5.36. The number of rotatable bonds is 1. The molecule has 0 spiro atoms. The van der Waals surface area contributed by atoms with Crippen molar-refractivity contribution < 1.29 is 0 Å². The normalized spacial score (nSPS) is 37.8. The highest BCUT2D eigenvalue weighted by atomic mass is 15.2. The van der Waals surface area contributed by atoms with Crippen LogP contribution in [-0.4, -0.2) is 24.0 Å². The zero-order valence-electron chi connectivity index (χ0n) is 13.2. The second-order valence-corrected chi connectivity index (χ2v) is 7.92. The first kappa shape index (κ1) is 14.9. The van der Waals surface area contributed by atoms with Crippen LogP contribution in [-0.2, 0) is 0 Å². The Balaban J connectivity index is 2.07. The molecule has 2 nitrogen and oxygen atoms in total. The van der Waals surface area contributed by atoms with Crippen LogP contribution in [0.15, 0.2) is 0 Å². The maximum Gasteiger partial charge on any atom is 0.0672 e. The summed E-state index contributed by atoms with van der Waals surface area (Å²) in [5, 5.41) is 9.47. The zero-order chi connectivity index (χ0) is 14.0. The lowest BCUT2D eigenvalue weighted by atomic mass is 9.67. The van der Waals surface area contributed by atoms with Crippen molar-refractivity contribution in [1.82, 2.24) is 4.90 Å². The molecule has 0 aromatic rings. The summed E-state index contributed by atoms with van der Waals surface area (Å²) in [6, 6.07) is 3.12. The molecule has 1 aliphatic heterocycles. The van der Waals surface area contributed by atoms with Crippen molar-refractivity contribution >= 4 is 0 Å². The van der Waals surface area contributed by atoms with E-state index in [2.05, 4.69) is 38.7 Å². The van der Waals surface area contributed by atoms with E-state index in [0.717, 1.165) is 18.3 Å². The minimum absolute atomic E-state index is 0.267. The molecule has 2 aliphatic rings. The summed E-state index contributed by atoms with van der Waals surface area (Å²) in [6.07, 6.45) is 6.25. The first-order valence-corrected chi connectivity index (χ1v) is 8.05. The summed E-state index contributed by atoms with van der Waals surface area (Å²) >= 11 is 0. The highest BCUT2D eigenvalue weighted by molar-refractivity contribution is 5.00. The largest absolute Gasteiger partial charge is 0.299 e. The van der Waals surface area contributed by atoms with Gasteiger partial charge in [-0.3, -0.25) is 4.90 Å². The Morgan fingerprint density at radius 1 is 1.16 bits per heavy atom. The van der Waals surface area contributed by atoms with Crippen LogP contribution in [0.2, 0.25) is 0 Å². The van der Waals surface area contributed by atoms with Gasteiger partial charge < -0.3 is 0 Å². The average Bonchev–Trinajstić information content (AvgIpc) is 2.37. The minimum atomic E-state index is 0.267. The SMILES string of the molecule is CC1CCCN(C2CC(C(C)(C)C)CCC2C#N)C1. The fraction of sp³-hybridized carbons (Fsp3) is 0.941. The Morgan fingerprint density at radius 3 is 2.47 bits per heavy atom. The van der Waals surface area contributed by atoms with Crippen molar-refractivity contribution in [3.63, 3.8) is 0 Å². The predicted octanol–water partition coefficient (Wildman–Crippen LogP) is 4.07. The predicted molar refractivity (Wildman–Crippen MR) is 79.7 cm³/mol. The first-order chi connectivity index (χ1) is 8.91. The van der Waals surface area contributed by atoms with Crippen LogP contribution in [0.3, 0.4) is 0 Å². The summed E-state index contributed by atoms with van der Waals surface area (Å²) in [5.74, 6) is 1.85. The molecule has 108 valence electrons. The average molecular weight is 262 g/mol. The van der Waals surface area contributed by atoms with E-state index in [0.29, 0.717) is 11.5 Å². The molecular weight excluding hydrogens is 232 g/mol. The number of hydrogen-bond acceptors (Lipinski definition) is 2. The summed E-state index contributed by atoms with van der Waals surface area (Å²) in [4.78, 5) is 2.64. The van der Waals surface area contributed by atoms with Crippen molar-refractivity contribution in [2.75, 3.05) is 13.1 Å². The summed E-state index contributed by atoms with van der Waals surface area (Å²) < 4.78 is 0. The molecule has 0 aromatic carbocycles.